The van der Waals surface area contributed by atoms with Crippen LogP contribution in [-0.4, -0.2) is 33.6 Å². The average Bonchev–Trinajstić information content (AvgIpc) is 3.23. The molecule has 6 N–H and O–H groups in total. The van der Waals surface area contributed by atoms with E-state index >= 15 is 0 Å². The third-order valence-electron chi connectivity index (χ3n) is 6.86. The zero-order chi connectivity index (χ0) is 23.7. The van der Waals surface area contributed by atoms with Crippen molar-refractivity contribution >= 4 is 33.4 Å². The van der Waals surface area contributed by atoms with Gasteiger partial charge in [0.25, 0.3) is 5.91 Å². The van der Waals surface area contributed by atoms with Gasteiger partial charge in [-0.15, -0.1) is 0 Å². The number of fused-ring (bicyclic) bond motifs is 2. The number of benzene rings is 3. The monoisotopic (exact) mass is 455 g/mol. The summed E-state index contributed by atoms with van der Waals surface area (Å²) in [5, 5.41) is 18.7. The Morgan fingerprint density at radius 1 is 1.00 bits per heavy atom. The number of nitrogens with two attached hydrogens (primary N) is 2. The Balaban J connectivity index is 1.58. The number of amidine groups is 1. The Morgan fingerprint density at radius 2 is 1.76 bits per heavy atom. The Labute approximate surface area is 198 Å². The molecule has 0 unspecified atom stereocenters. The van der Waals surface area contributed by atoms with E-state index in [1.165, 1.54) is 0 Å². The second-order valence-electron chi connectivity index (χ2n) is 9.10. The van der Waals surface area contributed by atoms with Crippen LogP contribution in [0.1, 0.15) is 47.3 Å². The number of aromatic nitrogens is 1. The molecule has 0 spiro atoms. The topological polar surface area (TPSA) is 119 Å². The Hall–Kier alpha value is -3.84. The second kappa shape index (κ2) is 9.19. The van der Waals surface area contributed by atoms with Gasteiger partial charge in [0.15, 0.2) is 5.84 Å². The minimum atomic E-state index is -0.0951. The molecule has 5 rings (SSSR count). The molecule has 1 aliphatic rings. The van der Waals surface area contributed by atoms with Gasteiger partial charge in [-0.2, -0.15) is 0 Å². The van der Waals surface area contributed by atoms with Crippen molar-refractivity contribution in [2.45, 2.75) is 44.3 Å². The molecule has 3 aromatic carbocycles. The summed E-state index contributed by atoms with van der Waals surface area (Å²) >= 11 is 0. The van der Waals surface area contributed by atoms with Gasteiger partial charge in [0.2, 0.25) is 0 Å². The van der Waals surface area contributed by atoms with E-state index in [1.807, 2.05) is 41.0 Å². The summed E-state index contributed by atoms with van der Waals surface area (Å²) < 4.78 is 2.02. The molecule has 174 valence electrons. The number of nitrogens with one attached hydrogen (secondary N) is 1. The molecule has 0 saturated heterocycles. The van der Waals surface area contributed by atoms with Gasteiger partial charge in [-0.3, -0.25) is 4.79 Å². The van der Waals surface area contributed by atoms with Crippen LogP contribution >= 0.6 is 0 Å². The fraction of sp³-hybridized carbons (Fsp3) is 0.259. The van der Waals surface area contributed by atoms with Crippen LogP contribution in [-0.2, 0) is 6.54 Å². The van der Waals surface area contributed by atoms with Crippen molar-refractivity contribution in [2.75, 3.05) is 0 Å². The lowest BCUT2D eigenvalue weighted by Crippen LogP contribution is -2.41. The fourth-order valence-electron chi connectivity index (χ4n) is 4.95. The third kappa shape index (κ3) is 4.22. The standard InChI is InChI=1S/C27H29N5O2/c28-21-10-12-22(13-11-21)30-27(33)25-14-18-8-9-19(26(29)31-34)15-24(18)32(25)16-20-6-3-5-17-4-1-2-7-23(17)20/h1-9,14-15,21-22,34H,10-13,16,28H2,(H2,29,31)(H,30,33)/t21-,22-. The minimum Gasteiger partial charge on any atom is -0.409 e. The highest BCUT2D eigenvalue weighted by Gasteiger charge is 2.23. The van der Waals surface area contributed by atoms with E-state index in [0.717, 1.165) is 52.9 Å². The van der Waals surface area contributed by atoms with Crippen LogP contribution in [0.3, 0.4) is 0 Å². The smallest absolute Gasteiger partial charge is 0.268 e. The van der Waals surface area contributed by atoms with E-state index < -0.39 is 0 Å². The van der Waals surface area contributed by atoms with Gasteiger partial charge in [0, 0.05) is 35.1 Å². The summed E-state index contributed by atoms with van der Waals surface area (Å²) in [7, 11) is 0. The molecule has 1 saturated carbocycles. The number of hydrogen-bond donors (Lipinski definition) is 4. The van der Waals surface area contributed by atoms with Crippen LogP contribution in [0.15, 0.2) is 71.9 Å². The molecule has 0 bridgehead atoms. The van der Waals surface area contributed by atoms with E-state index in [9.17, 15) is 4.79 Å². The molecule has 4 aromatic rings. The molecule has 7 nitrogen and oxygen atoms in total. The first kappa shape index (κ1) is 22.0. The van der Waals surface area contributed by atoms with Gasteiger partial charge in [-0.05, 0) is 54.2 Å². The Bertz CT molecular complexity index is 1380. The number of carbonyl (C=O) groups is 1. The molecule has 0 atom stereocenters. The molecule has 7 heteroatoms. The van der Waals surface area contributed by atoms with Gasteiger partial charge in [0.05, 0.1) is 0 Å². The van der Waals surface area contributed by atoms with E-state index in [4.69, 9.17) is 16.7 Å². The lowest BCUT2D eigenvalue weighted by Gasteiger charge is -2.27. The van der Waals surface area contributed by atoms with Crippen LogP contribution < -0.4 is 16.8 Å². The number of amides is 1. The molecule has 1 fully saturated rings. The van der Waals surface area contributed by atoms with E-state index in [0.29, 0.717) is 17.8 Å². The third-order valence-corrected chi connectivity index (χ3v) is 6.86. The second-order valence-corrected chi connectivity index (χ2v) is 9.10. The van der Waals surface area contributed by atoms with Crippen LogP contribution in [0.5, 0.6) is 0 Å². The number of oxime groups is 1. The summed E-state index contributed by atoms with van der Waals surface area (Å²) in [6, 6.07) is 22.3. The molecule has 1 aromatic heterocycles. The van der Waals surface area contributed by atoms with E-state index in [1.54, 1.807) is 6.07 Å². The van der Waals surface area contributed by atoms with Crippen LogP contribution in [0.25, 0.3) is 21.7 Å². The summed E-state index contributed by atoms with van der Waals surface area (Å²) in [5.41, 5.74) is 15.1. The number of hydrogen-bond acceptors (Lipinski definition) is 4. The van der Waals surface area contributed by atoms with Crippen LogP contribution in [0.4, 0.5) is 0 Å². The summed E-state index contributed by atoms with van der Waals surface area (Å²) in [6.45, 7) is 0.517. The molecule has 1 heterocycles. The predicted molar refractivity (Wildman–Crippen MR) is 135 cm³/mol. The first-order chi connectivity index (χ1) is 16.5. The Kier molecular flexibility index (Phi) is 5.94. The summed E-state index contributed by atoms with van der Waals surface area (Å²) in [5.74, 6) is -0.0633. The highest BCUT2D eigenvalue weighted by molar-refractivity contribution is 6.03. The maximum absolute atomic E-state index is 13.5. The SMILES string of the molecule is N/C(=N/O)c1ccc2cc(C(=O)N[C@H]3CC[C@H](N)CC3)n(Cc3cccc4ccccc34)c2c1. The molecule has 34 heavy (non-hydrogen) atoms. The predicted octanol–water partition coefficient (Wildman–Crippen LogP) is 3.94. The molecule has 1 amide bonds. The van der Waals surface area contributed by atoms with E-state index in [-0.39, 0.29) is 23.8 Å². The van der Waals surface area contributed by atoms with Gasteiger partial charge < -0.3 is 26.6 Å². The lowest BCUT2D eigenvalue weighted by molar-refractivity contribution is 0.0917. The first-order valence-corrected chi connectivity index (χ1v) is 11.7. The number of carbonyl (C=O) groups excluding carboxylic acids is 1. The Morgan fingerprint density at radius 3 is 2.56 bits per heavy atom. The van der Waals surface area contributed by atoms with Gasteiger partial charge in [0.1, 0.15) is 5.69 Å². The van der Waals surface area contributed by atoms with Crippen molar-refractivity contribution < 1.29 is 10.0 Å². The van der Waals surface area contributed by atoms with Crippen LogP contribution in [0, 0.1) is 0 Å². The highest BCUT2D eigenvalue weighted by atomic mass is 16.4. The largest absolute Gasteiger partial charge is 0.409 e. The van der Waals surface area contributed by atoms with Crippen LogP contribution in [0.2, 0.25) is 0 Å². The van der Waals surface area contributed by atoms with Crippen molar-refractivity contribution in [1.29, 1.82) is 0 Å². The molecular weight excluding hydrogens is 426 g/mol. The van der Waals surface area contributed by atoms with Gasteiger partial charge >= 0.3 is 0 Å². The fourth-order valence-corrected chi connectivity index (χ4v) is 4.95. The van der Waals surface area contributed by atoms with E-state index in [2.05, 4.69) is 34.7 Å². The number of nitrogens with zero attached hydrogens (tertiary/aromatic N) is 2. The van der Waals surface area contributed by atoms with Crippen molar-refractivity contribution in [3.8, 4) is 0 Å². The molecule has 1 aliphatic carbocycles. The highest BCUT2D eigenvalue weighted by Crippen LogP contribution is 2.27. The maximum atomic E-state index is 13.5. The summed E-state index contributed by atoms with van der Waals surface area (Å²) in [4.78, 5) is 13.5. The molecule has 0 radical (unpaired) electrons. The maximum Gasteiger partial charge on any atom is 0.268 e. The zero-order valence-corrected chi connectivity index (χ0v) is 18.9. The van der Waals surface area contributed by atoms with Crippen molar-refractivity contribution in [3.63, 3.8) is 0 Å². The normalized spacial score (nSPS) is 18.9. The van der Waals surface area contributed by atoms with Crippen molar-refractivity contribution in [2.24, 2.45) is 16.6 Å². The van der Waals surface area contributed by atoms with Crippen molar-refractivity contribution in [3.05, 3.63) is 83.6 Å². The molecular formula is C27H29N5O2. The van der Waals surface area contributed by atoms with Gasteiger partial charge in [-0.25, -0.2) is 0 Å². The minimum absolute atomic E-state index is 0.0318. The first-order valence-electron chi connectivity index (χ1n) is 11.7. The van der Waals surface area contributed by atoms with Crippen molar-refractivity contribution in [1.82, 2.24) is 9.88 Å². The molecule has 0 aliphatic heterocycles. The quantitative estimate of drug-likeness (QED) is 0.158. The van der Waals surface area contributed by atoms with Gasteiger partial charge in [-0.1, -0.05) is 59.8 Å². The number of rotatable bonds is 5. The summed E-state index contributed by atoms with van der Waals surface area (Å²) in [6.07, 6.45) is 3.63. The lowest BCUT2D eigenvalue weighted by atomic mass is 9.92. The average molecular weight is 456 g/mol. The zero-order valence-electron chi connectivity index (χ0n) is 18.9.